The van der Waals surface area contributed by atoms with Crippen LogP contribution in [0, 0.1) is 0 Å². The Morgan fingerprint density at radius 1 is 1.38 bits per heavy atom. The largest absolute Gasteiger partial charge is 0.351 e. The molecule has 5 heteroatoms. The lowest BCUT2D eigenvalue weighted by Crippen LogP contribution is -2.46. The Kier molecular flexibility index (Phi) is 3.40. The summed E-state index contributed by atoms with van der Waals surface area (Å²) in [7, 11) is 0. The SMILES string of the molecule is O=C(NC1CCSC1)C1CSCN1. The molecule has 2 rings (SSSR count). The minimum atomic E-state index is 0.0515. The molecule has 0 aliphatic carbocycles. The molecule has 2 heterocycles. The van der Waals surface area contributed by atoms with E-state index in [1.807, 2.05) is 11.8 Å². The average molecular weight is 218 g/mol. The molecule has 1 amide bonds. The van der Waals surface area contributed by atoms with Crippen LogP contribution in [0.2, 0.25) is 0 Å². The van der Waals surface area contributed by atoms with E-state index in [1.165, 1.54) is 5.75 Å². The number of rotatable bonds is 2. The van der Waals surface area contributed by atoms with E-state index in [9.17, 15) is 4.79 Å². The summed E-state index contributed by atoms with van der Waals surface area (Å²) in [5.74, 6) is 4.31. The van der Waals surface area contributed by atoms with Crippen molar-refractivity contribution in [1.82, 2.24) is 10.6 Å². The summed E-state index contributed by atoms with van der Waals surface area (Å²) in [6, 6.07) is 0.473. The van der Waals surface area contributed by atoms with Crippen molar-refractivity contribution in [3.8, 4) is 0 Å². The zero-order valence-corrected chi connectivity index (χ0v) is 9.05. The van der Waals surface area contributed by atoms with Crippen molar-refractivity contribution in [3.63, 3.8) is 0 Å². The molecule has 0 spiro atoms. The smallest absolute Gasteiger partial charge is 0.238 e. The molecule has 0 aromatic rings. The predicted octanol–water partition coefficient (Wildman–Crippen LogP) is 0.271. The second-order valence-corrected chi connectivity index (χ2v) is 5.52. The third-order valence-corrected chi connectivity index (χ3v) is 4.41. The molecule has 2 aliphatic heterocycles. The molecular formula is C8H14N2OS2. The van der Waals surface area contributed by atoms with Crippen LogP contribution in [-0.4, -0.2) is 41.1 Å². The molecule has 0 bridgehead atoms. The first-order valence-electron chi connectivity index (χ1n) is 4.55. The van der Waals surface area contributed by atoms with Crippen molar-refractivity contribution >= 4 is 29.4 Å². The topological polar surface area (TPSA) is 41.1 Å². The van der Waals surface area contributed by atoms with Crippen LogP contribution in [0.25, 0.3) is 0 Å². The van der Waals surface area contributed by atoms with E-state index >= 15 is 0 Å². The van der Waals surface area contributed by atoms with E-state index in [0.717, 1.165) is 23.8 Å². The highest BCUT2D eigenvalue weighted by Crippen LogP contribution is 2.17. The molecule has 74 valence electrons. The van der Waals surface area contributed by atoms with Crippen LogP contribution in [0.15, 0.2) is 0 Å². The normalized spacial score (nSPS) is 33.5. The maximum atomic E-state index is 11.6. The monoisotopic (exact) mass is 218 g/mol. The van der Waals surface area contributed by atoms with Gasteiger partial charge in [0.05, 0.1) is 6.04 Å². The maximum Gasteiger partial charge on any atom is 0.238 e. The number of carbonyl (C=O) groups excluding carboxylic acids is 1. The molecular weight excluding hydrogens is 204 g/mol. The molecule has 2 fully saturated rings. The first-order chi connectivity index (χ1) is 6.36. The van der Waals surface area contributed by atoms with E-state index in [2.05, 4.69) is 10.6 Å². The van der Waals surface area contributed by atoms with Gasteiger partial charge >= 0.3 is 0 Å². The fraction of sp³-hybridized carbons (Fsp3) is 0.875. The van der Waals surface area contributed by atoms with Gasteiger partial charge in [-0.2, -0.15) is 11.8 Å². The van der Waals surface area contributed by atoms with Crippen LogP contribution >= 0.6 is 23.5 Å². The van der Waals surface area contributed by atoms with Gasteiger partial charge < -0.3 is 5.32 Å². The molecule has 2 saturated heterocycles. The molecule has 0 aromatic heterocycles. The van der Waals surface area contributed by atoms with E-state index in [4.69, 9.17) is 0 Å². The summed E-state index contributed by atoms with van der Waals surface area (Å²) < 4.78 is 0. The van der Waals surface area contributed by atoms with Gasteiger partial charge in [0.25, 0.3) is 0 Å². The molecule has 2 N–H and O–H groups in total. The zero-order chi connectivity index (χ0) is 9.10. The van der Waals surface area contributed by atoms with Crippen LogP contribution in [0.3, 0.4) is 0 Å². The predicted molar refractivity (Wildman–Crippen MR) is 58.1 cm³/mol. The number of carbonyl (C=O) groups is 1. The second-order valence-electron chi connectivity index (χ2n) is 3.34. The van der Waals surface area contributed by atoms with E-state index < -0.39 is 0 Å². The second kappa shape index (κ2) is 4.57. The molecule has 0 saturated carbocycles. The molecule has 0 aromatic carbocycles. The Hall–Kier alpha value is 0.130. The van der Waals surface area contributed by atoms with E-state index in [-0.39, 0.29) is 11.9 Å². The standard InChI is InChI=1S/C8H14N2OS2/c11-8(7-4-13-5-9-7)10-6-1-2-12-3-6/h6-7,9H,1-5H2,(H,10,11). The summed E-state index contributed by atoms with van der Waals surface area (Å²) in [5.41, 5.74) is 0. The lowest BCUT2D eigenvalue weighted by atomic mass is 10.2. The van der Waals surface area contributed by atoms with Crippen molar-refractivity contribution in [3.05, 3.63) is 0 Å². The van der Waals surface area contributed by atoms with Gasteiger partial charge in [0.15, 0.2) is 0 Å². The lowest BCUT2D eigenvalue weighted by molar-refractivity contribution is -0.122. The minimum absolute atomic E-state index is 0.0515. The van der Waals surface area contributed by atoms with Gasteiger partial charge in [-0.25, -0.2) is 0 Å². The Bertz CT molecular complexity index is 189. The number of amides is 1. The third-order valence-electron chi connectivity index (χ3n) is 2.31. The van der Waals surface area contributed by atoms with Crippen LogP contribution in [0.4, 0.5) is 0 Å². The molecule has 13 heavy (non-hydrogen) atoms. The molecule has 3 nitrogen and oxygen atoms in total. The van der Waals surface area contributed by atoms with Gasteiger partial charge in [-0.05, 0) is 12.2 Å². The average Bonchev–Trinajstić information content (AvgIpc) is 2.74. The van der Waals surface area contributed by atoms with E-state index in [1.54, 1.807) is 11.8 Å². The van der Waals surface area contributed by atoms with Crippen molar-refractivity contribution in [1.29, 1.82) is 0 Å². The summed E-state index contributed by atoms with van der Waals surface area (Å²) in [6.07, 6.45) is 1.14. The van der Waals surface area contributed by atoms with Crippen LogP contribution in [0.1, 0.15) is 6.42 Å². The first-order valence-corrected chi connectivity index (χ1v) is 6.86. The van der Waals surface area contributed by atoms with Crippen LogP contribution < -0.4 is 10.6 Å². The summed E-state index contributed by atoms with van der Waals surface area (Å²) in [6.45, 7) is 0. The van der Waals surface area contributed by atoms with Crippen LogP contribution in [0.5, 0.6) is 0 Å². The van der Waals surface area contributed by atoms with Gasteiger partial charge in [-0.3, -0.25) is 10.1 Å². The fourth-order valence-electron chi connectivity index (χ4n) is 1.51. The highest BCUT2D eigenvalue weighted by molar-refractivity contribution is 7.99. The van der Waals surface area contributed by atoms with Crippen LogP contribution in [-0.2, 0) is 4.79 Å². The molecule has 2 atom stereocenters. The van der Waals surface area contributed by atoms with Gasteiger partial charge in [0, 0.05) is 23.4 Å². The highest BCUT2D eigenvalue weighted by Gasteiger charge is 2.25. The van der Waals surface area contributed by atoms with Gasteiger partial charge in [-0.15, -0.1) is 11.8 Å². The third kappa shape index (κ3) is 2.54. The van der Waals surface area contributed by atoms with E-state index in [0.29, 0.717) is 6.04 Å². The lowest BCUT2D eigenvalue weighted by Gasteiger charge is -2.14. The number of thioether (sulfide) groups is 2. The summed E-state index contributed by atoms with van der Waals surface area (Å²) in [4.78, 5) is 11.6. The Morgan fingerprint density at radius 2 is 2.31 bits per heavy atom. The van der Waals surface area contributed by atoms with Crippen molar-refractivity contribution in [2.24, 2.45) is 0 Å². The van der Waals surface area contributed by atoms with Crippen molar-refractivity contribution in [2.45, 2.75) is 18.5 Å². The highest BCUT2D eigenvalue weighted by atomic mass is 32.2. The summed E-state index contributed by atoms with van der Waals surface area (Å²) >= 11 is 3.72. The molecule has 0 radical (unpaired) electrons. The maximum absolute atomic E-state index is 11.6. The number of hydrogen-bond donors (Lipinski definition) is 2. The molecule has 2 aliphatic rings. The van der Waals surface area contributed by atoms with Crippen molar-refractivity contribution in [2.75, 3.05) is 23.1 Å². The van der Waals surface area contributed by atoms with Gasteiger partial charge in [0.1, 0.15) is 0 Å². The zero-order valence-electron chi connectivity index (χ0n) is 7.41. The number of hydrogen-bond acceptors (Lipinski definition) is 4. The van der Waals surface area contributed by atoms with Gasteiger partial charge in [0.2, 0.25) is 5.91 Å². The van der Waals surface area contributed by atoms with Crippen molar-refractivity contribution < 1.29 is 4.79 Å². The summed E-state index contributed by atoms with van der Waals surface area (Å²) in [5, 5.41) is 6.26. The Morgan fingerprint density at radius 3 is 2.92 bits per heavy atom. The minimum Gasteiger partial charge on any atom is -0.351 e. The van der Waals surface area contributed by atoms with Gasteiger partial charge in [-0.1, -0.05) is 0 Å². The Balaban J connectivity index is 1.76. The number of nitrogens with one attached hydrogen (secondary N) is 2. The quantitative estimate of drug-likeness (QED) is 0.698. The first kappa shape index (κ1) is 9.68. The fourth-order valence-corrected chi connectivity index (χ4v) is 3.61. The Labute approximate surface area is 86.8 Å². The molecule has 2 unspecified atom stereocenters.